The van der Waals surface area contributed by atoms with Gasteiger partial charge in [0.05, 0.1) is 11.3 Å². The molecule has 0 aliphatic heterocycles. The van der Waals surface area contributed by atoms with Gasteiger partial charge in [-0.2, -0.15) is 11.8 Å². The lowest BCUT2D eigenvalue weighted by Gasteiger charge is -2.23. The van der Waals surface area contributed by atoms with E-state index in [0.29, 0.717) is 11.4 Å². The van der Waals surface area contributed by atoms with Crippen molar-refractivity contribution in [2.45, 2.75) is 17.4 Å². The van der Waals surface area contributed by atoms with Crippen LogP contribution in [0.3, 0.4) is 0 Å². The van der Waals surface area contributed by atoms with Gasteiger partial charge in [0, 0.05) is 12.3 Å². The molecule has 0 heterocycles. The van der Waals surface area contributed by atoms with E-state index >= 15 is 0 Å². The summed E-state index contributed by atoms with van der Waals surface area (Å²) in [4.78, 5) is 0.0324. The highest BCUT2D eigenvalue weighted by Gasteiger charge is 2.21. The molecule has 0 saturated heterocycles. The monoisotopic (exact) mass is 290 g/mol. The summed E-state index contributed by atoms with van der Waals surface area (Å²) in [5.74, 6) is 0.553. The van der Waals surface area contributed by atoms with E-state index < -0.39 is 15.6 Å². The first-order chi connectivity index (χ1) is 8.26. The number of primary sulfonamides is 1. The third-order valence-corrected chi connectivity index (χ3v) is 4.19. The van der Waals surface area contributed by atoms with Gasteiger partial charge in [0.2, 0.25) is 10.0 Å². The fourth-order valence-electron chi connectivity index (χ4n) is 1.51. The summed E-state index contributed by atoms with van der Waals surface area (Å²) < 4.78 is 22.8. The topological polar surface area (TPSA) is 92.4 Å². The average Bonchev–Trinajstić information content (AvgIpc) is 2.26. The van der Waals surface area contributed by atoms with Gasteiger partial charge in [-0.3, -0.25) is 0 Å². The fourth-order valence-corrected chi connectivity index (χ4v) is 2.95. The molecule has 4 N–H and O–H groups in total. The Morgan fingerprint density at radius 1 is 1.44 bits per heavy atom. The van der Waals surface area contributed by atoms with E-state index in [1.54, 1.807) is 25.1 Å². The number of thioether (sulfide) groups is 1. The summed E-state index contributed by atoms with van der Waals surface area (Å²) in [7, 11) is -3.76. The van der Waals surface area contributed by atoms with Crippen molar-refractivity contribution < 1.29 is 13.5 Å². The summed E-state index contributed by atoms with van der Waals surface area (Å²) >= 11 is 1.52. The van der Waals surface area contributed by atoms with Gasteiger partial charge < -0.3 is 10.4 Å². The number of para-hydroxylation sites is 1. The van der Waals surface area contributed by atoms with Crippen molar-refractivity contribution in [2.75, 3.05) is 23.9 Å². The second-order valence-electron chi connectivity index (χ2n) is 4.32. The zero-order chi connectivity index (χ0) is 13.8. The summed E-state index contributed by atoms with van der Waals surface area (Å²) in [6, 6.07) is 6.36. The minimum Gasteiger partial charge on any atom is -0.387 e. The van der Waals surface area contributed by atoms with Gasteiger partial charge in [-0.1, -0.05) is 12.1 Å². The van der Waals surface area contributed by atoms with E-state index in [1.165, 1.54) is 17.8 Å². The number of nitrogens with one attached hydrogen (secondary N) is 1. The van der Waals surface area contributed by atoms with Crippen LogP contribution in [0.1, 0.15) is 6.92 Å². The molecule has 0 bridgehead atoms. The first kappa shape index (κ1) is 15.3. The number of benzene rings is 1. The molecule has 0 fully saturated rings. The Labute approximate surface area is 112 Å². The number of sulfonamides is 1. The molecular weight excluding hydrogens is 272 g/mol. The predicted molar refractivity (Wildman–Crippen MR) is 75.3 cm³/mol. The van der Waals surface area contributed by atoms with Crippen LogP contribution in [0.5, 0.6) is 0 Å². The Hall–Kier alpha value is -0.760. The lowest BCUT2D eigenvalue weighted by molar-refractivity contribution is 0.0996. The zero-order valence-electron chi connectivity index (χ0n) is 10.4. The lowest BCUT2D eigenvalue weighted by Crippen LogP contribution is -2.36. The molecule has 0 amide bonds. The van der Waals surface area contributed by atoms with Crippen molar-refractivity contribution in [3.63, 3.8) is 0 Å². The second-order valence-corrected chi connectivity index (χ2v) is 6.72. The Balaban J connectivity index is 2.86. The summed E-state index contributed by atoms with van der Waals surface area (Å²) in [5, 5.41) is 18.0. The summed E-state index contributed by atoms with van der Waals surface area (Å²) in [6.45, 7) is 1.94. The number of anilines is 1. The number of rotatable bonds is 6. The normalized spacial score (nSPS) is 15.1. The molecule has 1 unspecified atom stereocenters. The number of hydrogen-bond donors (Lipinski definition) is 3. The minimum atomic E-state index is -3.76. The Morgan fingerprint density at radius 3 is 2.61 bits per heavy atom. The summed E-state index contributed by atoms with van der Waals surface area (Å²) in [6.07, 6.45) is 1.90. The third kappa shape index (κ3) is 4.49. The van der Waals surface area contributed by atoms with Crippen LogP contribution in [0, 0.1) is 0 Å². The number of nitrogens with two attached hydrogens (primary N) is 1. The van der Waals surface area contributed by atoms with Crippen LogP contribution in [0.4, 0.5) is 5.69 Å². The van der Waals surface area contributed by atoms with Crippen molar-refractivity contribution in [3.05, 3.63) is 24.3 Å². The zero-order valence-corrected chi connectivity index (χ0v) is 12.0. The van der Waals surface area contributed by atoms with Gasteiger partial charge in [-0.25, -0.2) is 13.6 Å². The Morgan fingerprint density at radius 2 is 2.06 bits per heavy atom. The molecule has 1 rings (SSSR count). The molecule has 0 aliphatic rings. The fraction of sp³-hybridized carbons (Fsp3) is 0.455. The molecule has 18 heavy (non-hydrogen) atoms. The van der Waals surface area contributed by atoms with Crippen LogP contribution in [0.15, 0.2) is 29.2 Å². The third-order valence-electron chi connectivity index (χ3n) is 2.31. The molecule has 0 spiro atoms. The molecule has 1 aromatic carbocycles. The number of hydrogen-bond acceptors (Lipinski definition) is 5. The first-order valence-electron chi connectivity index (χ1n) is 5.33. The Bertz CT molecular complexity index is 501. The molecule has 0 aromatic heterocycles. The molecule has 1 atom stereocenters. The van der Waals surface area contributed by atoms with Crippen LogP contribution < -0.4 is 10.5 Å². The largest absolute Gasteiger partial charge is 0.387 e. The van der Waals surface area contributed by atoms with Crippen LogP contribution in [-0.2, 0) is 10.0 Å². The van der Waals surface area contributed by atoms with Crippen molar-refractivity contribution in [1.82, 2.24) is 0 Å². The van der Waals surface area contributed by atoms with Gasteiger partial charge in [0.15, 0.2) is 0 Å². The Kier molecular flexibility index (Phi) is 5.03. The SMILES string of the molecule is CSCC(C)(O)CNc1ccccc1S(N)(=O)=O. The van der Waals surface area contributed by atoms with E-state index in [2.05, 4.69) is 5.32 Å². The molecular formula is C11H18N2O3S2. The lowest BCUT2D eigenvalue weighted by atomic mass is 10.1. The highest BCUT2D eigenvalue weighted by Crippen LogP contribution is 2.20. The highest BCUT2D eigenvalue weighted by molar-refractivity contribution is 7.98. The predicted octanol–water partition coefficient (Wildman–Crippen LogP) is 0.860. The maximum absolute atomic E-state index is 11.4. The van der Waals surface area contributed by atoms with E-state index in [0.717, 1.165) is 0 Å². The van der Waals surface area contributed by atoms with Crippen molar-refractivity contribution in [3.8, 4) is 0 Å². The number of aliphatic hydroxyl groups is 1. The van der Waals surface area contributed by atoms with Crippen molar-refractivity contribution in [1.29, 1.82) is 0 Å². The van der Waals surface area contributed by atoms with Crippen LogP contribution in [-0.4, -0.2) is 37.7 Å². The molecule has 1 aromatic rings. The van der Waals surface area contributed by atoms with Crippen LogP contribution >= 0.6 is 11.8 Å². The van der Waals surface area contributed by atoms with Gasteiger partial charge in [0.1, 0.15) is 4.90 Å². The van der Waals surface area contributed by atoms with E-state index in [-0.39, 0.29) is 11.4 Å². The molecule has 7 heteroatoms. The average molecular weight is 290 g/mol. The smallest absolute Gasteiger partial charge is 0.240 e. The first-order valence-corrected chi connectivity index (χ1v) is 8.27. The van der Waals surface area contributed by atoms with E-state index in [9.17, 15) is 13.5 Å². The molecule has 102 valence electrons. The van der Waals surface area contributed by atoms with Crippen molar-refractivity contribution in [2.24, 2.45) is 5.14 Å². The quantitative estimate of drug-likeness (QED) is 0.722. The molecule has 0 saturated carbocycles. The maximum Gasteiger partial charge on any atom is 0.240 e. The van der Waals surface area contributed by atoms with Crippen LogP contribution in [0.2, 0.25) is 0 Å². The van der Waals surface area contributed by atoms with Gasteiger partial charge in [-0.15, -0.1) is 0 Å². The highest BCUT2D eigenvalue weighted by atomic mass is 32.2. The van der Waals surface area contributed by atoms with Gasteiger partial charge in [-0.05, 0) is 25.3 Å². The molecule has 0 aliphatic carbocycles. The molecule has 5 nitrogen and oxygen atoms in total. The van der Waals surface area contributed by atoms with Crippen molar-refractivity contribution >= 4 is 27.5 Å². The maximum atomic E-state index is 11.4. The van der Waals surface area contributed by atoms with Gasteiger partial charge in [0.25, 0.3) is 0 Å². The van der Waals surface area contributed by atoms with Gasteiger partial charge >= 0.3 is 0 Å². The van der Waals surface area contributed by atoms with E-state index in [4.69, 9.17) is 5.14 Å². The second kappa shape index (κ2) is 5.92. The standard InChI is InChI=1S/C11H18N2O3S2/c1-11(14,8-17-2)7-13-9-5-3-4-6-10(9)18(12,15)16/h3-6,13-14H,7-8H2,1-2H3,(H2,12,15,16). The molecule has 0 radical (unpaired) electrons. The summed E-state index contributed by atoms with van der Waals surface area (Å²) in [5.41, 5.74) is -0.508. The van der Waals surface area contributed by atoms with Crippen LogP contribution in [0.25, 0.3) is 0 Å². The minimum absolute atomic E-state index is 0.0324. The van der Waals surface area contributed by atoms with E-state index in [1.807, 2.05) is 6.26 Å².